The quantitative estimate of drug-likeness (QED) is 0.314. The highest BCUT2D eigenvalue weighted by molar-refractivity contribution is 5.86. The van der Waals surface area contributed by atoms with Gasteiger partial charge >= 0.3 is 5.97 Å². The van der Waals surface area contributed by atoms with E-state index in [0.717, 1.165) is 27.6 Å². The van der Waals surface area contributed by atoms with Gasteiger partial charge in [0.25, 0.3) is 5.56 Å². The monoisotopic (exact) mass is 478 g/mol. The number of hydrogen-bond acceptors (Lipinski definition) is 4. The number of nitrogens with zero attached hydrogens (tertiary/aromatic N) is 2. The van der Waals surface area contributed by atoms with Crippen LogP contribution in [0.15, 0.2) is 114 Å². The van der Waals surface area contributed by atoms with Crippen molar-refractivity contribution in [3.63, 3.8) is 0 Å². The Morgan fingerprint density at radius 1 is 0.806 bits per heavy atom. The Balaban J connectivity index is 1.38. The van der Waals surface area contributed by atoms with Gasteiger partial charge in [0.15, 0.2) is 0 Å². The van der Waals surface area contributed by atoms with Crippen molar-refractivity contribution in [3.8, 4) is 5.75 Å². The van der Waals surface area contributed by atoms with Gasteiger partial charge < -0.3 is 14.1 Å². The van der Waals surface area contributed by atoms with E-state index in [1.165, 1.54) is 11.7 Å². The largest absolute Gasteiger partial charge is 0.491 e. The summed E-state index contributed by atoms with van der Waals surface area (Å²) in [6, 6.07) is 31.5. The standard InChI is InChI=1S/C30H26N2O4/c1-22(33)36-32-18-17-26-27(32)13-8-14-28(26)35-20-19-31-21-25(15-16-29(31)34)30(23-9-4-2-5-10-23)24-11-6-3-7-12-24/h2-18,21,30H,19-20H2,1H3. The molecule has 0 amide bonds. The fourth-order valence-corrected chi connectivity index (χ4v) is 4.48. The first-order valence-electron chi connectivity index (χ1n) is 11.8. The van der Waals surface area contributed by atoms with Gasteiger partial charge in [0.05, 0.1) is 12.1 Å². The van der Waals surface area contributed by atoms with Crippen molar-refractivity contribution >= 4 is 16.9 Å². The minimum atomic E-state index is -0.401. The van der Waals surface area contributed by atoms with Gasteiger partial charge in [-0.1, -0.05) is 72.8 Å². The fourth-order valence-electron chi connectivity index (χ4n) is 4.48. The van der Waals surface area contributed by atoms with Crippen LogP contribution in [0.2, 0.25) is 0 Å². The Hall–Kier alpha value is -4.58. The molecule has 5 rings (SSSR count). The maximum atomic E-state index is 12.7. The van der Waals surface area contributed by atoms with E-state index in [-0.39, 0.29) is 11.5 Å². The van der Waals surface area contributed by atoms with Crippen LogP contribution in [0, 0.1) is 0 Å². The minimum absolute atomic E-state index is 0.00922. The second-order valence-electron chi connectivity index (χ2n) is 8.51. The molecule has 0 spiro atoms. The van der Waals surface area contributed by atoms with Gasteiger partial charge in [-0.25, -0.2) is 4.79 Å². The van der Waals surface area contributed by atoms with Crippen molar-refractivity contribution in [2.45, 2.75) is 19.4 Å². The number of rotatable bonds is 8. The summed E-state index contributed by atoms with van der Waals surface area (Å²) >= 11 is 0. The predicted octanol–water partition coefficient (Wildman–Crippen LogP) is 5.04. The molecule has 0 bridgehead atoms. The van der Waals surface area contributed by atoms with Gasteiger partial charge in [-0.3, -0.25) is 4.79 Å². The Morgan fingerprint density at radius 2 is 1.50 bits per heavy atom. The Labute approximate surface area is 208 Å². The van der Waals surface area contributed by atoms with Gasteiger partial charge in [0, 0.05) is 36.7 Å². The lowest BCUT2D eigenvalue weighted by Gasteiger charge is -2.20. The van der Waals surface area contributed by atoms with Crippen molar-refractivity contribution in [2.24, 2.45) is 0 Å². The molecule has 0 saturated heterocycles. The highest BCUT2D eigenvalue weighted by Crippen LogP contribution is 2.31. The maximum Gasteiger partial charge on any atom is 0.329 e. The molecule has 2 aromatic heterocycles. The minimum Gasteiger partial charge on any atom is -0.491 e. The molecule has 180 valence electrons. The first-order chi connectivity index (χ1) is 17.6. The van der Waals surface area contributed by atoms with Gasteiger partial charge in [-0.15, -0.1) is 0 Å². The van der Waals surface area contributed by atoms with E-state index in [2.05, 4.69) is 24.3 Å². The lowest BCUT2D eigenvalue weighted by atomic mass is 9.86. The van der Waals surface area contributed by atoms with Crippen molar-refractivity contribution in [1.29, 1.82) is 0 Å². The van der Waals surface area contributed by atoms with E-state index in [1.54, 1.807) is 16.8 Å². The van der Waals surface area contributed by atoms with Crippen LogP contribution in [0.5, 0.6) is 5.75 Å². The predicted molar refractivity (Wildman–Crippen MR) is 139 cm³/mol. The molecule has 0 atom stereocenters. The first-order valence-corrected chi connectivity index (χ1v) is 11.8. The lowest BCUT2D eigenvalue weighted by Crippen LogP contribution is -2.23. The Kier molecular flexibility index (Phi) is 6.67. The topological polar surface area (TPSA) is 62.5 Å². The third kappa shape index (κ3) is 4.93. The van der Waals surface area contributed by atoms with Gasteiger partial charge in [0.1, 0.15) is 12.4 Å². The van der Waals surface area contributed by atoms with Crippen LogP contribution < -0.4 is 15.1 Å². The van der Waals surface area contributed by atoms with Crippen LogP contribution in [0.1, 0.15) is 29.5 Å². The number of ether oxygens (including phenoxy) is 1. The molecule has 0 N–H and O–H groups in total. The van der Waals surface area contributed by atoms with Crippen LogP contribution in [0.3, 0.4) is 0 Å². The van der Waals surface area contributed by atoms with Crippen LogP contribution in [-0.4, -0.2) is 21.9 Å². The number of aromatic nitrogens is 2. The van der Waals surface area contributed by atoms with E-state index in [1.807, 2.05) is 72.9 Å². The molecule has 0 aliphatic carbocycles. The van der Waals surface area contributed by atoms with E-state index >= 15 is 0 Å². The van der Waals surface area contributed by atoms with Crippen LogP contribution in [0.4, 0.5) is 0 Å². The first kappa shape index (κ1) is 23.2. The molecule has 2 heterocycles. The average molecular weight is 479 g/mol. The summed E-state index contributed by atoms with van der Waals surface area (Å²) in [5.41, 5.74) is 4.01. The Bertz CT molecular complexity index is 1500. The molecule has 6 nitrogen and oxygen atoms in total. The summed E-state index contributed by atoms with van der Waals surface area (Å²) in [5, 5.41) is 0.827. The summed E-state index contributed by atoms with van der Waals surface area (Å²) in [4.78, 5) is 29.2. The normalized spacial score (nSPS) is 11.1. The molecule has 0 saturated carbocycles. The third-order valence-electron chi connectivity index (χ3n) is 6.08. The molecule has 0 radical (unpaired) electrons. The number of pyridine rings is 1. The number of fused-ring (bicyclic) bond motifs is 1. The van der Waals surface area contributed by atoms with E-state index in [4.69, 9.17) is 9.57 Å². The molecule has 0 fully saturated rings. The maximum absolute atomic E-state index is 12.7. The summed E-state index contributed by atoms with van der Waals surface area (Å²) in [6.07, 6.45) is 3.61. The van der Waals surface area contributed by atoms with Crippen molar-refractivity contribution in [2.75, 3.05) is 6.61 Å². The number of carbonyl (C=O) groups is 1. The van der Waals surface area contributed by atoms with E-state index in [0.29, 0.717) is 18.9 Å². The number of carbonyl (C=O) groups excluding carboxylic acids is 1. The number of hydrogen-bond donors (Lipinski definition) is 0. The third-order valence-corrected chi connectivity index (χ3v) is 6.08. The molecule has 5 aromatic rings. The average Bonchev–Trinajstić information content (AvgIpc) is 3.30. The molecule has 0 unspecified atom stereocenters. The second kappa shape index (κ2) is 10.4. The second-order valence-corrected chi connectivity index (χ2v) is 8.51. The molecular formula is C30H26N2O4. The zero-order valence-electron chi connectivity index (χ0n) is 19.9. The highest BCUT2D eigenvalue weighted by atomic mass is 16.7. The van der Waals surface area contributed by atoms with Gasteiger partial charge in [-0.05, 0) is 34.9 Å². The van der Waals surface area contributed by atoms with Gasteiger partial charge in [-0.2, -0.15) is 4.73 Å². The lowest BCUT2D eigenvalue weighted by molar-refractivity contribution is -0.140. The summed E-state index contributed by atoms with van der Waals surface area (Å²) in [6.45, 7) is 2.06. The fraction of sp³-hybridized carbons (Fsp3) is 0.133. The molecule has 3 aromatic carbocycles. The zero-order valence-corrected chi connectivity index (χ0v) is 19.9. The van der Waals surface area contributed by atoms with Crippen LogP contribution in [-0.2, 0) is 11.3 Å². The Morgan fingerprint density at radius 3 is 2.17 bits per heavy atom. The van der Waals surface area contributed by atoms with Gasteiger partial charge in [0.2, 0.25) is 0 Å². The summed E-state index contributed by atoms with van der Waals surface area (Å²) in [7, 11) is 0. The van der Waals surface area contributed by atoms with E-state index in [9.17, 15) is 9.59 Å². The highest BCUT2D eigenvalue weighted by Gasteiger charge is 2.17. The van der Waals surface area contributed by atoms with E-state index < -0.39 is 5.97 Å². The van der Waals surface area contributed by atoms with Crippen LogP contribution >= 0.6 is 0 Å². The van der Waals surface area contributed by atoms with Crippen molar-refractivity contribution < 1.29 is 14.4 Å². The number of benzene rings is 3. The summed E-state index contributed by atoms with van der Waals surface area (Å²) < 4.78 is 9.17. The molecule has 0 aliphatic heterocycles. The molecule has 6 heteroatoms. The molecule has 36 heavy (non-hydrogen) atoms. The zero-order chi connectivity index (χ0) is 24.9. The SMILES string of the molecule is CC(=O)On1ccc2c(OCCn3cc(C(c4ccccc4)c4ccccc4)ccc3=O)cccc21. The van der Waals surface area contributed by atoms with Crippen molar-refractivity contribution in [1.82, 2.24) is 9.30 Å². The smallest absolute Gasteiger partial charge is 0.329 e. The van der Waals surface area contributed by atoms with Crippen LogP contribution in [0.25, 0.3) is 10.9 Å². The molecule has 0 aliphatic rings. The summed E-state index contributed by atoms with van der Waals surface area (Å²) in [5.74, 6) is 0.270. The van der Waals surface area contributed by atoms with Crippen molar-refractivity contribution in [3.05, 3.63) is 136 Å². The molecular weight excluding hydrogens is 452 g/mol.